The normalized spacial score (nSPS) is 21.5. The van der Waals surface area contributed by atoms with E-state index in [1.54, 1.807) is 41.7 Å². The Hall–Kier alpha value is -4.95. The van der Waals surface area contributed by atoms with Crippen LogP contribution in [0.1, 0.15) is 109 Å². The van der Waals surface area contributed by atoms with Gasteiger partial charge < -0.3 is 19.9 Å². The number of carbonyl (C=O) groups is 1. The van der Waals surface area contributed by atoms with Crippen molar-refractivity contribution in [2.75, 3.05) is 49.5 Å². The van der Waals surface area contributed by atoms with E-state index in [4.69, 9.17) is 4.74 Å². The zero-order chi connectivity index (χ0) is 43.6. The third kappa shape index (κ3) is 10.3. The molecule has 2 aromatic heterocycles. The average molecular weight is 866 g/mol. The van der Waals surface area contributed by atoms with Gasteiger partial charge in [-0.2, -0.15) is 0 Å². The number of nitro groups is 1. The molecular weight excluding hydrogens is 803 g/mol. The highest BCUT2D eigenvalue weighted by molar-refractivity contribution is 7.90. The highest BCUT2D eigenvalue weighted by atomic mass is 32.2. The summed E-state index contributed by atoms with van der Waals surface area (Å²) in [5, 5.41) is 16.1. The summed E-state index contributed by atoms with van der Waals surface area (Å²) in [7, 11) is -4.53. The summed E-state index contributed by atoms with van der Waals surface area (Å²) in [5.74, 6) is 2.29. The van der Waals surface area contributed by atoms with Gasteiger partial charge in [-0.15, -0.1) is 0 Å². The van der Waals surface area contributed by atoms with Crippen LogP contribution in [-0.2, 0) is 10.0 Å². The average Bonchev–Trinajstić information content (AvgIpc) is 3.99. The molecule has 0 radical (unpaired) electrons. The molecule has 1 unspecified atom stereocenters. The number of H-pyrrole nitrogens is 1. The van der Waals surface area contributed by atoms with Crippen LogP contribution in [0, 0.1) is 39.2 Å². The van der Waals surface area contributed by atoms with Crippen LogP contribution in [0.2, 0.25) is 0 Å². The molecule has 62 heavy (non-hydrogen) atoms. The van der Waals surface area contributed by atoms with Crippen molar-refractivity contribution in [2.24, 2.45) is 29.1 Å². The number of rotatable bonds is 16. The first-order valence-corrected chi connectivity index (χ1v) is 24.3. The maximum atomic E-state index is 14.0. The SMILES string of the molecule is CCCC(C1=C(CN2CCN(c3ccc(C(=O)NS(=O)(=O)c4ccc(NCC5CCC(C)CC5)c([N+](=O)[O-])c4)c(Oc4cnc5[nH]ccc5c4)c3)CC2)CCC(C)(C)C1)C1CC1. The van der Waals surface area contributed by atoms with Crippen molar-refractivity contribution in [2.45, 2.75) is 103 Å². The number of hydrogen-bond donors (Lipinski definition) is 3. The highest BCUT2D eigenvalue weighted by Crippen LogP contribution is 2.50. The monoisotopic (exact) mass is 865 g/mol. The lowest BCUT2D eigenvalue weighted by Gasteiger charge is -2.41. The quantitative estimate of drug-likeness (QED) is 0.0561. The molecule has 13 nitrogen and oxygen atoms in total. The van der Waals surface area contributed by atoms with Crippen molar-refractivity contribution >= 4 is 44.0 Å². The standard InChI is InChI=1S/C48H63N7O6S/c1-5-6-40(34-11-12-34)42-28-48(3,4)19-17-36(42)31-53-21-23-54(24-22-53)37-13-15-41(45(26-37)61-38-25-35-18-20-49-46(35)51-30-38)47(56)52-62(59,60)39-14-16-43(44(27-39)55(57)58)50-29-33-9-7-32(2)8-10-33/h13-16,18,20,25-27,30,32-34,40,50H,5-12,17,19,21-24,28-29,31H2,1-4H3,(H,49,51)(H,52,56). The number of anilines is 2. The lowest BCUT2D eigenvalue weighted by atomic mass is 9.69. The first kappa shape index (κ1) is 43.7. The molecule has 8 rings (SSSR count). The molecule has 3 heterocycles. The van der Waals surface area contributed by atoms with E-state index in [-0.39, 0.29) is 27.6 Å². The zero-order valence-corrected chi connectivity index (χ0v) is 37.6. The van der Waals surface area contributed by atoms with Crippen LogP contribution in [-0.4, -0.2) is 73.4 Å². The first-order chi connectivity index (χ1) is 29.7. The molecule has 1 amide bonds. The zero-order valence-electron chi connectivity index (χ0n) is 36.8. The number of fused-ring (bicyclic) bond motifs is 1. The fourth-order valence-electron chi connectivity index (χ4n) is 9.98. The number of amides is 1. The summed E-state index contributed by atoms with van der Waals surface area (Å²) in [5.41, 5.74) is 5.18. The maximum absolute atomic E-state index is 14.0. The van der Waals surface area contributed by atoms with Gasteiger partial charge in [0.15, 0.2) is 0 Å². The number of aromatic nitrogens is 2. The van der Waals surface area contributed by atoms with Gasteiger partial charge >= 0.3 is 0 Å². The van der Waals surface area contributed by atoms with Crippen molar-refractivity contribution in [3.8, 4) is 11.5 Å². The molecule has 4 aliphatic rings. The van der Waals surface area contributed by atoms with Gasteiger partial charge in [-0.25, -0.2) is 18.1 Å². The third-order valence-electron chi connectivity index (χ3n) is 13.8. The second-order valence-electron chi connectivity index (χ2n) is 19.2. The minimum absolute atomic E-state index is 0.00306. The predicted octanol–water partition coefficient (Wildman–Crippen LogP) is 10.1. The molecule has 0 bridgehead atoms. The summed E-state index contributed by atoms with van der Waals surface area (Å²) in [4.78, 5) is 37.5. The highest BCUT2D eigenvalue weighted by Gasteiger charge is 2.38. The summed E-state index contributed by atoms with van der Waals surface area (Å²) in [6.07, 6.45) is 16.5. The number of pyridine rings is 1. The topological polar surface area (TPSA) is 163 Å². The largest absolute Gasteiger partial charge is 0.455 e. The molecular formula is C48H63N7O6S. The van der Waals surface area contributed by atoms with Gasteiger partial charge in [-0.05, 0) is 117 Å². The van der Waals surface area contributed by atoms with E-state index < -0.39 is 20.9 Å². The van der Waals surface area contributed by atoms with Gasteiger partial charge in [0, 0.05) is 68.7 Å². The fraction of sp³-hybridized carbons (Fsp3) is 0.542. The van der Waals surface area contributed by atoms with Crippen LogP contribution >= 0.6 is 0 Å². The summed E-state index contributed by atoms with van der Waals surface area (Å²) < 4.78 is 36.0. The number of sulfonamides is 1. The predicted molar refractivity (Wildman–Crippen MR) is 244 cm³/mol. The number of ether oxygens (including phenoxy) is 1. The number of hydrogen-bond acceptors (Lipinski definition) is 10. The van der Waals surface area contributed by atoms with Gasteiger partial charge in [0.25, 0.3) is 21.6 Å². The van der Waals surface area contributed by atoms with Crippen LogP contribution in [0.25, 0.3) is 11.0 Å². The van der Waals surface area contributed by atoms with Gasteiger partial charge in [0.05, 0.1) is 21.6 Å². The molecule has 3 fully saturated rings. The van der Waals surface area contributed by atoms with Crippen LogP contribution in [0.3, 0.4) is 0 Å². The maximum Gasteiger partial charge on any atom is 0.293 e. The number of carbonyl (C=O) groups excluding carboxylic acids is 1. The molecule has 2 aromatic carbocycles. The second kappa shape index (κ2) is 18.4. The Morgan fingerprint density at radius 1 is 1.03 bits per heavy atom. The lowest BCUT2D eigenvalue weighted by Crippen LogP contribution is -2.47. The molecule has 0 spiro atoms. The van der Waals surface area contributed by atoms with E-state index in [9.17, 15) is 23.3 Å². The van der Waals surface area contributed by atoms with Crippen LogP contribution < -0.4 is 19.7 Å². The van der Waals surface area contributed by atoms with Crippen molar-refractivity contribution in [1.82, 2.24) is 19.6 Å². The van der Waals surface area contributed by atoms with E-state index in [0.717, 1.165) is 87.4 Å². The van der Waals surface area contributed by atoms with Crippen molar-refractivity contribution in [1.29, 1.82) is 0 Å². The van der Waals surface area contributed by atoms with Gasteiger partial charge in [-0.1, -0.05) is 58.1 Å². The molecule has 4 aromatic rings. The van der Waals surface area contributed by atoms with E-state index in [2.05, 4.69) is 57.5 Å². The van der Waals surface area contributed by atoms with Crippen molar-refractivity contribution in [3.63, 3.8) is 0 Å². The lowest BCUT2D eigenvalue weighted by molar-refractivity contribution is -0.384. The summed E-state index contributed by atoms with van der Waals surface area (Å²) in [6, 6.07) is 12.5. The minimum Gasteiger partial charge on any atom is -0.455 e. The number of nitro benzene ring substituents is 1. The molecule has 1 saturated heterocycles. The minimum atomic E-state index is -4.53. The molecule has 1 atom stereocenters. The van der Waals surface area contributed by atoms with Crippen LogP contribution in [0.15, 0.2) is 77.0 Å². The number of nitrogens with zero attached hydrogens (tertiary/aromatic N) is 4. The number of benzene rings is 2. The molecule has 2 saturated carbocycles. The Morgan fingerprint density at radius 3 is 2.53 bits per heavy atom. The Morgan fingerprint density at radius 2 is 1.81 bits per heavy atom. The molecule has 332 valence electrons. The van der Waals surface area contributed by atoms with E-state index in [1.165, 1.54) is 57.1 Å². The van der Waals surface area contributed by atoms with Gasteiger partial charge in [0.1, 0.15) is 22.8 Å². The Labute approximate surface area is 366 Å². The molecule has 3 aliphatic carbocycles. The second-order valence-corrected chi connectivity index (χ2v) is 20.9. The molecule has 3 N–H and O–H groups in total. The van der Waals surface area contributed by atoms with Crippen LogP contribution in [0.5, 0.6) is 11.5 Å². The number of aromatic amines is 1. The van der Waals surface area contributed by atoms with E-state index in [0.29, 0.717) is 35.2 Å². The van der Waals surface area contributed by atoms with E-state index >= 15 is 0 Å². The summed E-state index contributed by atoms with van der Waals surface area (Å²) >= 11 is 0. The fourth-order valence-corrected chi connectivity index (χ4v) is 11.0. The van der Waals surface area contributed by atoms with Crippen molar-refractivity contribution in [3.05, 3.63) is 87.7 Å². The smallest absolute Gasteiger partial charge is 0.293 e. The third-order valence-corrected chi connectivity index (χ3v) is 15.2. The van der Waals surface area contributed by atoms with Crippen molar-refractivity contribution < 1.29 is 22.9 Å². The van der Waals surface area contributed by atoms with Gasteiger partial charge in [-0.3, -0.25) is 19.8 Å². The number of piperazine rings is 1. The Bertz CT molecular complexity index is 2410. The van der Waals surface area contributed by atoms with Gasteiger partial charge in [0.2, 0.25) is 0 Å². The summed E-state index contributed by atoms with van der Waals surface area (Å²) in [6.45, 7) is 14.4. The molecule has 14 heteroatoms. The first-order valence-electron chi connectivity index (χ1n) is 22.8. The number of allylic oxidation sites excluding steroid dienone is 1. The Balaban J connectivity index is 0.992. The van der Waals surface area contributed by atoms with Crippen LogP contribution in [0.4, 0.5) is 17.1 Å². The van der Waals surface area contributed by atoms with E-state index in [1.807, 2.05) is 12.1 Å². The number of nitrogens with one attached hydrogen (secondary N) is 3. The Kier molecular flexibility index (Phi) is 13.0. The molecule has 1 aliphatic heterocycles.